The van der Waals surface area contributed by atoms with Gasteiger partial charge in [-0.25, -0.2) is 4.98 Å². The third-order valence-electron chi connectivity index (χ3n) is 2.74. The van der Waals surface area contributed by atoms with E-state index in [1.807, 2.05) is 0 Å². The molecule has 0 saturated carbocycles. The lowest BCUT2D eigenvalue weighted by Gasteiger charge is -2.29. The number of amides is 1. The lowest BCUT2D eigenvalue weighted by atomic mass is 10.1. The Balaban J connectivity index is 2.11. The average molecular weight is 241 g/mol. The molecule has 0 atom stereocenters. The first-order chi connectivity index (χ1) is 7.68. The largest absolute Gasteiger partial charge is 0.393 e. The average Bonchev–Trinajstić information content (AvgIpc) is 2.30. The second-order valence-corrected chi connectivity index (χ2v) is 4.22. The molecule has 1 aromatic rings. The van der Waals surface area contributed by atoms with Gasteiger partial charge in [0.05, 0.1) is 11.7 Å². The maximum Gasteiger partial charge on any atom is 0.256 e. The van der Waals surface area contributed by atoms with Crippen LogP contribution in [0.4, 0.5) is 0 Å². The summed E-state index contributed by atoms with van der Waals surface area (Å²) in [6, 6.07) is 3.36. The molecule has 5 heteroatoms. The van der Waals surface area contributed by atoms with Gasteiger partial charge >= 0.3 is 0 Å². The van der Waals surface area contributed by atoms with Crippen LogP contribution in [0.5, 0.6) is 0 Å². The fourth-order valence-electron chi connectivity index (χ4n) is 1.78. The van der Waals surface area contributed by atoms with Crippen LogP contribution in [0.2, 0.25) is 5.15 Å². The molecule has 2 heterocycles. The monoisotopic (exact) mass is 240 g/mol. The molecular weight excluding hydrogens is 228 g/mol. The standard InChI is InChI=1S/C11H13ClN2O2/c12-10-9(2-1-5-13-10)11(16)14-6-3-8(15)4-7-14/h1-2,5,8,15H,3-4,6-7H2. The molecule has 1 saturated heterocycles. The molecule has 0 unspecified atom stereocenters. The van der Waals surface area contributed by atoms with Crippen LogP contribution in [-0.2, 0) is 0 Å². The van der Waals surface area contributed by atoms with Gasteiger partial charge in [-0.2, -0.15) is 0 Å². The number of likely N-dealkylation sites (tertiary alicyclic amines) is 1. The van der Waals surface area contributed by atoms with Gasteiger partial charge in [0.2, 0.25) is 0 Å². The minimum absolute atomic E-state index is 0.106. The van der Waals surface area contributed by atoms with Gasteiger partial charge in [-0.15, -0.1) is 0 Å². The van der Waals surface area contributed by atoms with Gasteiger partial charge in [0, 0.05) is 19.3 Å². The Morgan fingerprint density at radius 2 is 2.19 bits per heavy atom. The summed E-state index contributed by atoms with van der Waals surface area (Å²) in [6.07, 6.45) is 2.53. The highest BCUT2D eigenvalue weighted by Crippen LogP contribution is 2.17. The summed E-state index contributed by atoms with van der Waals surface area (Å²) in [6.45, 7) is 1.15. The third kappa shape index (κ3) is 2.33. The first-order valence-corrected chi connectivity index (χ1v) is 5.64. The lowest BCUT2D eigenvalue weighted by Crippen LogP contribution is -2.40. The van der Waals surface area contributed by atoms with Crippen LogP contribution in [-0.4, -0.2) is 40.1 Å². The number of hydrogen-bond acceptors (Lipinski definition) is 3. The fraction of sp³-hybridized carbons (Fsp3) is 0.455. The predicted octanol–water partition coefficient (Wildman–Crippen LogP) is 1.33. The summed E-state index contributed by atoms with van der Waals surface area (Å²) >= 11 is 5.86. The van der Waals surface area contributed by atoms with E-state index in [1.54, 1.807) is 23.2 Å². The Labute approximate surface area is 98.9 Å². The van der Waals surface area contributed by atoms with E-state index in [0.29, 0.717) is 31.5 Å². The molecule has 1 aliphatic heterocycles. The van der Waals surface area contributed by atoms with Gasteiger partial charge in [-0.1, -0.05) is 11.6 Å². The summed E-state index contributed by atoms with van der Waals surface area (Å²) in [7, 11) is 0. The molecule has 16 heavy (non-hydrogen) atoms. The number of aliphatic hydroxyl groups excluding tert-OH is 1. The van der Waals surface area contributed by atoms with E-state index in [2.05, 4.69) is 4.98 Å². The van der Waals surface area contributed by atoms with Gasteiger partial charge in [0.15, 0.2) is 0 Å². The molecule has 0 bridgehead atoms. The quantitative estimate of drug-likeness (QED) is 0.754. The molecule has 1 aromatic heterocycles. The Hall–Kier alpha value is -1.13. The number of nitrogens with zero attached hydrogens (tertiary/aromatic N) is 2. The molecule has 1 amide bonds. The number of aromatic nitrogens is 1. The molecule has 0 aliphatic carbocycles. The lowest BCUT2D eigenvalue weighted by molar-refractivity contribution is 0.0546. The molecule has 2 rings (SSSR count). The summed E-state index contributed by atoms with van der Waals surface area (Å²) in [5.41, 5.74) is 0.431. The van der Waals surface area contributed by atoms with E-state index in [1.165, 1.54) is 0 Å². The van der Waals surface area contributed by atoms with Crippen molar-refractivity contribution in [2.45, 2.75) is 18.9 Å². The Morgan fingerprint density at radius 3 is 2.81 bits per heavy atom. The van der Waals surface area contributed by atoms with Crippen molar-refractivity contribution in [2.75, 3.05) is 13.1 Å². The topological polar surface area (TPSA) is 53.4 Å². The number of rotatable bonds is 1. The predicted molar refractivity (Wildman–Crippen MR) is 60.4 cm³/mol. The van der Waals surface area contributed by atoms with Gasteiger partial charge in [-0.3, -0.25) is 4.79 Å². The van der Waals surface area contributed by atoms with Crippen molar-refractivity contribution in [3.8, 4) is 0 Å². The van der Waals surface area contributed by atoms with Crippen LogP contribution in [0.15, 0.2) is 18.3 Å². The summed E-state index contributed by atoms with van der Waals surface area (Å²) in [5.74, 6) is -0.106. The molecule has 1 aliphatic rings. The smallest absolute Gasteiger partial charge is 0.256 e. The number of carbonyl (C=O) groups is 1. The molecule has 0 aromatic carbocycles. The number of hydrogen-bond donors (Lipinski definition) is 1. The zero-order valence-electron chi connectivity index (χ0n) is 8.77. The van der Waals surface area contributed by atoms with Crippen LogP contribution in [0.3, 0.4) is 0 Å². The van der Waals surface area contributed by atoms with E-state index in [0.717, 1.165) is 0 Å². The molecule has 86 valence electrons. The highest BCUT2D eigenvalue weighted by atomic mass is 35.5. The van der Waals surface area contributed by atoms with Crippen LogP contribution < -0.4 is 0 Å². The molecular formula is C11H13ClN2O2. The number of aliphatic hydroxyl groups is 1. The molecule has 1 fully saturated rings. The highest BCUT2D eigenvalue weighted by molar-refractivity contribution is 6.32. The van der Waals surface area contributed by atoms with Crippen molar-refractivity contribution in [1.29, 1.82) is 0 Å². The van der Waals surface area contributed by atoms with Crippen LogP contribution in [0.25, 0.3) is 0 Å². The highest BCUT2D eigenvalue weighted by Gasteiger charge is 2.23. The maximum atomic E-state index is 12.0. The summed E-state index contributed by atoms with van der Waals surface area (Å²) in [4.78, 5) is 17.6. The van der Waals surface area contributed by atoms with Crippen LogP contribution in [0, 0.1) is 0 Å². The summed E-state index contributed by atoms with van der Waals surface area (Å²) < 4.78 is 0. The van der Waals surface area contributed by atoms with E-state index < -0.39 is 0 Å². The van der Waals surface area contributed by atoms with Crippen molar-refractivity contribution >= 4 is 17.5 Å². The molecule has 0 spiro atoms. The molecule has 4 nitrogen and oxygen atoms in total. The Bertz CT molecular complexity index is 389. The van der Waals surface area contributed by atoms with Crippen LogP contribution >= 0.6 is 11.6 Å². The first kappa shape index (κ1) is 11.4. The maximum absolute atomic E-state index is 12.0. The van der Waals surface area contributed by atoms with Crippen molar-refractivity contribution in [1.82, 2.24) is 9.88 Å². The Morgan fingerprint density at radius 1 is 1.50 bits per heavy atom. The second kappa shape index (κ2) is 4.80. The van der Waals surface area contributed by atoms with E-state index in [-0.39, 0.29) is 17.2 Å². The van der Waals surface area contributed by atoms with Gasteiger partial charge in [0.25, 0.3) is 5.91 Å². The number of carbonyl (C=O) groups excluding carboxylic acids is 1. The molecule has 1 N–H and O–H groups in total. The van der Waals surface area contributed by atoms with Crippen molar-refractivity contribution < 1.29 is 9.90 Å². The second-order valence-electron chi connectivity index (χ2n) is 3.87. The van der Waals surface area contributed by atoms with Gasteiger partial charge in [-0.05, 0) is 25.0 Å². The van der Waals surface area contributed by atoms with Crippen molar-refractivity contribution in [3.63, 3.8) is 0 Å². The molecule has 0 radical (unpaired) electrons. The van der Waals surface area contributed by atoms with Gasteiger partial charge < -0.3 is 10.0 Å². The van der Waals surface area contributed by atoms with Gasteiger partial charge in [0.1, 0.15) is 5.15 Å². The Kier molecular flexibility index (Phi) is 3.41. The van der Waals surface area contributed by atoms with Crippen LogP contribution in [0.1, 0.15) is 23.2 Å². The number of piperidine rings is 1. The van der Waals surface area contributed by atoms with Crippen molar-refractivity contribution in [3.05, 3.63) is 29.0 Å². The van der Waals surface area contributed by atoms with E-state index >= 15 is 0 Å². The normalized spacial score (nSPS) is 17.5. The zero-order valence-corrected chi connectivity index (χ0v) is 9.52. The third-order valence-corrected chi connectivity index (χ3v) is 3.04. The SMILES string of the molecule is O=C(c1cccnc1Cl)N1CCC(O)CC1. The summed E-state index contributed by atoms with van der Waals surface area (Å²) in [5, 5.41) is 9.59. The number of halogens is 1. The van der Waals surface area contributed by atoms with E-state index in [9.17, 15) is 9.90 Å². The van der Waals surface area contributed by atoms with E-state index in [4.69, 9.17) is 11.6 Å². The number of pyridine rings is 1. The first-order valence-electron chi connectivity index (χ1n) is 5.26. The minimum Gasteiger partial charge on any atom is -0.393 e. The zero-order chi connectivity index (χ0) is 11.5. The minimum atomic E-state index is -0.284. The fourth-order valence-corrected chi connectivity index (χ4v) is 1.99. The van der Waals surface area contributed by atoms with Crippen molar-refractivity contribution in [2.24, 2.45) is 0 Å².